The smallest absolute Gasteiger partial charge is 0.213 e. The highest BCUT2D eigenvalue weighted by Gasteiger charge is 2.62. The van der Waals surface area contributed by atoms with Gasteiger partial charge in [0.25, 0.3) is 0 Å². The van der Waals surface area contributed by atoms with Gasteiger partial charge in [-0.2, -0.15) is 0 Å². The first-order chi connectivity index (χ1) is 9.88. The van der Waals surface area contributed by atoms with Crippen LogP contribution < -0.4 is 10.1 Å². The third kappa shape index (κ3) is 2.17. The Hall–Kier alpha value is -1.09. The van der Waals surface area contributed by atoms with Crippen molar-refractivity contribution >= 4 is 0 Å². The summed E-state index contributed by atoms with van der Waals surface area (Å²) in [6.07, 6.45) is 6.06. The summed E-state index contributed by atoms with van der Waals surface area (Å²) in [4.78, 5) is 4.51. The number of ether oxygens (including phenoxy) is 1. The molecule has 21 heavy (non-hydrogen) atoms. The third-order valence-corrected chi connectivity index (χ3v) is 6.67. The molecule has 0 aromatic carbocycles. The molecule has 2 aliphatic rings. The molecular weight excluding hydrogens is 260 g/mol. The summed E-state index contributed by atoms with van der Waals surface area (Å²) in [7, 11) is 1.97. The van der Waals surface area contributed by atoms with E-state index in [1.54, 1.807) is 0 Å². The lowest BCUT2D eigenvalue weighted by molar-refractivity contribution is 0.0273. The molecule has 0 aliphatic heterocycles. The van der Waals surface area contributed by atoms with Crippen LogP contribution in [0.5, 0.6) is 5.88 Å². The number of pyridine rings is 1. The number of aromatic nitrogens is 1. The number of nitrogens with zero attached hydrogens (tertiary/aromatic N) is 1. The number of hydrogen-bond acceptors (Lipinski definition) is 3. The second-order valence-corrected chi connectivity index (χ2v) is 7.66. The standard InChI is InChI=1S/C18H28N2O/c1-12(19-5)13-6-7-16(20-11-13)21-15-10-14-8-9-18(15,4)17(14,2)3/h6-7,11-12,14-15,19H,8-10H2,1-5H3. The first-order valence-electron chi connectivity index (χ1n) is 8.18. The minimum atomic E-state index is 0.288. The van der Waals surface area contributed by atoms with Crippen LogP contribution in [0.15, 0.2) is 18.3 Å². The molecule has 2 fully saturated rings. The molecule has 1 aromatic heterocycles. The molecule has 1 heterocycles. The van der Waals surface area contributed by atoms with Crippen LogP contribution in [0.4, 0.5) is 0 Å². The molecule has 3 rings (SSSR count). The molecule has 2 aliphatic carbocycles. The van der Waals surface area contributed by atoms with Crippen molar-refractivity contribution in [2.75, 3.05) is 7.05 Å². The Morgan fingerprint density at radius 1 is 1.33 bits per heavy atom. The summed E-state index contributed by atoms with van der Waals surface area (Å²) in [6.45, 7) is 9.37. The van der Waals surface area contributed by atoms with Gasteiger partial charge in [-0.15, -0.1) is 0 Å². The molecule has 3 heteroatoms. The maximum absolute atomic E-state index is 6.28. The van der Waals surface area contributed by atoms with E-state index in [4.69, 9.17) is 4.74 Å². The zero-order chi connectivity index (χ0) is 15.3. The average Bonchev–Trinajstić information content (AvgIpc) is 2.80. The summed E-state index contributed by atoms with van der Waals surface area (Å²) in [5.41, 5.74) is 1.87. The minimum Gasteiger partial charge on any atom is -0.474 e. The Labute approximate surface area is 128 Å². The van der Waals surface area contributed by atoms with Crippen LogP contribution >= 0.6 is 0 Å². The second-order valence-electron chi connectivity index (χ2n) is 7.66. The molecule has 0 amide bonds. The van der Waals surface area contributed by atoms with E-state index in [0.717, 1.165) is 11.8 Å². The van der Waals surface area contributed by atoms with Crippen molar-refractivity contribution in [2.45, 2.75) is 59.1 Å². The van der Waals surface area contributed by atoms with Crippen LogP contribution in [0, 0.1) is 16.7 Å². The highest BCUT2D eigenvalue weighted by atomic mass is 16.5. The molecule has 1 N–H and O–H groups in total. The Balaban J connectivity index is 1.74. The molecular formula is C18H28N2O. The highest BCUT2D eigenvalue weighted by molar-refractivity contribution is 5.22. The average molecular weight is 288 g/mol. The van der Waals surface area contributed by atoms with Crippen molar-refractivity contribution in [1.29, 1.82) is 0 Å². The molecule has 3 nitrogen and oxygen atoms in total. The van der Waals surface area contributed by atoms with Gasteiger partial charge in [0.15, 0.2) is 0 Å². The SMILES string of the molecule is CNC(C)c1ccc(OC2CC3CCC2(C)C3(C)C)nc1. The zero-order valence-corrected chi connectivity index (χ0v) is 13.9. The van der Waals surface area contributed by atoms with E-state index in [2.05, 4.69) is 44.1 Å². The van der Waals surface area contributed by atoms with Gasteiger partial charge in [-0.3, -0.25) is 0 Å². The van der Waals surface area contributed by atoms with Gasteiger partial charge in [0.05, 0.1) is 0 Å². The molecule has 4 atom stereocenters. The van der Waals surface area contributed by atoms with E-state index < -0.39 is 0 Å². The molecule has 116 valence electrons. The molecule has 2 bridgehead atoms. The van der Waals surface area contributed by atoms with Crippen molar-refractivity contribution in [3.05, 3.63) is 23.9 Å². The predicted molar refractivity (Wildman–Crippen MR) is 85.4 cm³/mol. The Bertz CT molecular complexity index is 510. The monoisotopic (exact) mass is 288 g/mol. The Morgan fingerprint density at radius 3 is 2.57 bits per heavy atom. The van der Waals surface area contributed by atoms with Crippen molar-refractivity contribution in [2.24, 2.45) is 16.7 Å². The lowest BCUT2D eigenvalue weighted by Gasteiger charge is -2.38. The fourth-order valence-electron chi connectivity index (χ4n) is 4.34. The molecule has 0 saturated heterocycles. The fraction of sp³-hybridized carbons (Fsp3) is 0.722. The predicted octanol–water partition coefficient (Wildman–Crippen LogP) is 3.96. The summed E-state index contributed by atoms with van der Waals surface area (Å²) in [5.74, 6) is 1.58. The van der Waals surface area contributed by atoms with Gasteiger partial charge in [0.1, 0.15) is 6.10 Å². The highest BCUT2D eigenvalue weighted by Crippen LogP contribution is 2.66. The van der Waals surface area contributed by atoms with E-state index in [9.17, 15) is 0 Å². The third-order valence-electron chi connectivity index (χ3n) is 6.67. The Morgan fingerprint density at radius 2 is 2.10 bits per heavy atom. The van der Waals surface area contributed by atoms with Gasteiger partial charge < -0.3 is 10.1 Å². The molecule has 0 spiro atoms. The zero-order valence-electron chi connectivity index (χ0n) is 13.9. The van der Waals surface area contributed by atoms with E-state index in [1.807, 2.05) is 19.3 Å². The number of rotatable bonds is 4. The van der Waals surface area contributed by atoms with E-state index in [1.165, 1.54) is 24.8 Å². The van der Waals surface area contributed by atoms with Crippen molar-refractivity contribution in [1.82, 2.24) is 10.3 Å². The second kappa shape index (κ2) is 4.98. The van der Waals surface area contributed by atoms with Crippen molar-refractivity contribution in [3.8, 4) is 5.88 Å². The summed E-state index contributed by atoms with van der Waals surface area (Å²) < 4.78 is 6.28. The van der Waals surface area contributed by atoms with Crippen LogP contribution in [0.25, 0.3) is 0 Å². The van der Waals surface area contributed by atoms with Gasteiger partial charge in [0.2, 0.25) is 5.88 Å². The summed E-state index contributed by atoms with van der Waals surface area (Å²) in [6, 6.07) is 4.46. The maximum atomic E-state index is 6.28. The van der Waals surface area contributed by atoms with Crippen LogP contribution in [0.2, 0.25) is 0 Å². The largest absolute Gasteiger partial charge is 0.474 e. The first kappa shape index (κ1) is 14.8. The van der Waals surface area contributed by atoms with Crippen LogP contribution in [-0.2, 0) is 0 Å². The first-order valence-corrected chi connectivity index (χ1v) is 8.18. The molecule has 1 aromatic rings. The lowest BCUT2D eigenvalue weighted by atomic mass is 9.70. The van der Waals surface area contributed by atoms with E-state index in [0.29, 0.717) is 17.6 Å². The molecule has 4 unspecified atom stereocenters. The van der Waals surface area contributed by atoms with Gasteiger partial charge >= 0.3 is 0 Å². The lowest BCUT2D eigenvalue weighted by Crippen LogP contribution is -2.39. The van der Waals surface area contributed by atoms with E-state index >= 15 is 0 Å². The van der Waals surface area contributed by atoms with Gasteiger partial charge in [-0.25, -0.2) is 4.98 Å². The van der Waals surface area contributed by atoms with Crippen molar-refractivity contribution in [3.63, 3.8) is 0 Å². The van der Waals surface area contributed by atoms with Crippen LogP contribution in [0.3, 0.4) is 0 Å². The van der Waals surface area contributed by atoms with Gasteiger partial charge in [-0.1, -0.05) is 26.8 Å². The maximum Gasteiger partial charge on any atom is 0.213 e. The minimum absolute atomic E-state index is 0.288. The summed E-state index contributed by atoms with van der Waals surface area (Å²) >= 11 is 0. The Kier molecular flexibility index (Phi) is 3.52. The van der Waals surface area contributed by atoms with E-state index in [-0.39, 0.29) is 5.41 Å². The molecule has 0 radical (unpaired) electrons. The summed E-state index contributed by atoms with van der Waals surface area (Å²) in [5, 5.41) is 3.23. The van der Waals surface area contributed by atoms with Gasteiger partial charge in [-0.05, 0) is 50.1 Å². The normalized spacial score (nSPS) is 34.9. The quantitative estimate of drug-likeness (QED) is 0.910. The van der Waals surface area contributed by atoms with Gasteiger partial charge in [0, 0.05) is 23.7 Å². The van der Waals surface area contributed by atoms with Crippen LogP contribution in [0.1, 0.15) is 58.6 Å². The number of nitrogens with one attached hydrogen (secondary N) is 1. The van der Waals surface area contributed by atoms with Crippen molar-refractivity contribution < 1.29 is 4.74 Å². The number of fused-ring (bicyclic) bond motifs is 2. The fourth-order valence-corrected chi connectivity index (χ4v) is 4.34. The topological polar surface area (TPSA) is 34.1 Å². The van der Waals surface area contributed by atoms with Crippen LogP contribution in [-0.4, -0.2) is 18.1 Å². The number of hydrogen-bond donors (Lipinski definition) is 1. The molecule has 2 saturated carbocycles.